The van der Waals surface area contributed by atoms with E-state index in [4.69, 9.17) is 5.84 Å². The number of hydrazine groups is 1. The van der Waals surface area contributed by atoms with Crippen LogP contribution in [0.15, 0.2) is 23.2 Å². The van der Waals surface area contributed by atoms with Crippen molar-refractivity contribution in [2.24, 2.45) is 10.8 Å². The lowest BCUT2D eigenvalue weighted by Gasteiger charge is -1.97. The third-order valence-electron chi connectivity index (χ3n) is 1.93. The maximum Gasteiger partial charge on any atom is 0.270 e. The Morgan fingerprint density at radius 3 is 2.93 bits per heavy atom. The minimum atomic E-state index is -0.388. The molecule has 0 radical (unpaired) electrons. The van der Waals surface area contributed by atoms with Crippen molar-refractivity contribution >= 4 is 17.9 Å². The molecular weight excluding hydrogens is 182 g/mol. The molecule has 1 aliphatic heterocycles. The van der Waals surface area contributed by atoms with Crippen molar-refractivity contribution in [1.82, 2.24) is 5.43 Å². The first kappa shape index (κ1) is 8.58. The summed E-state index contributed by atoms with van der Waals surface area (Å²) in [5, 5.41) is 1.24. The van der Waals surface area contributed by atoms with Gasteiger partial charge >= 0.3 is 0 Å². The first-order valence-corrected chi connectivity index (χ1v) is 3.96. The van der Waals surface area contributed by atoms with E-state index >= 15 is 0 Å². The second-order valence-corrected chi connectivity index (χ2v) is 2.84. The van der Waals surface area contributed by atoms with Gasteiger partial charge in [-0.15, -0.1) is 0 Å². The molecule has 1 aromatic rings. The number of fused-ring (bicyclic) bond motifs is 1. The van der Waals surface area contributed by atoms with E-state index in [0.29, 0.717) is 16.1 Å². The number of nitrogens with two attached hydrogens (primary N) is 1. The van der Waals surface area contributed by atoms with Gasteiger partial charge in [-0.1, -0.05) is 0 Å². The predicted octanol–water partition coefficient (Wildman–Crippen LogP) is -1.77. The smallest absolute Gasteiger partial charge is 0.270 e. The lowest BCUT2D eigenvalue weighted by Crippen LogP contribution is -2.32. The van der Waals surface area contributed by atoms with Crippen LogP contribution in [-0.4, -0.2) is 11.8 Å². The summed E-state index contributed by atoms with van der Waals surface area (Å²) in [5.74, 6) is 4.29. The van der Waals surface area contributed by atoms with E-state index in [1.807, 2.05) is 5.43 Å². The highest BCUT2D eigenvalue weighted by molar-refractivity contribution is 6.06. The van der Waals surface area contributed by atoms with Crippen molar-refractivity contribution in [3.05, 3.63) is 34.3 Å². The lowest BCUT2D eigenvalue weighted by atomic mass is 10.2. The minimum absolute atomic E-state index is 0.301. The number of nitrogen functional groups attached to an aromatic ring is 1. The van der Waals surface area contributed by atoms with Crippen LogP contribution >= 0.6 is 0 Å². The highest BCUT2D eigenvalue weighted by atomic mass is 16.2. The molecule has 0 aromatic heterocycles. The summed E-state index contributed by atoms with van der Waals surface area (Å²) in [4.78, 5) is 25.8. The second-order valence-electron chi connectivity index (χ2n) is 2.84. The maximum absolute atomic E-state index is 11.1. The molecule has 0 spiro atoms. The van der Waals surface area contributed by atoms with Crippen LogP contribution in [0.1, 0.15) is 10.4 Å². The van der Waals surface area contributed by atoms with Gasteiger partial charge in [0, 0.05) is 16.9 Å². The maximum atomic E-state index is 11.1. The van der Waals surface area contributed by atoms with Gasteiger partial charge in [-0.2, -0.15) is 0 Å². The van der Waals surface area contributed by atoms with E-state index in [1.165, 1.54) is 6.08 Å². The molecule has 5 nitrogen and oxygen atoms in total. The van der Waals surface area contributed by atoms with Gasteiger partial charge in [0.25, 0.3) is 11.8 Å². The van der Waals surface area contributed by atoms with Gasteiger partial charge in [0.2, 0.25) is 0 Å². The van der Waals surface area contributed by atoms with Gasteiger partial charge < -0.3 is 0 Å². The average Bonchev–Trinajstić information content (AvgIpc) is 2.55. The average molecular weight is 189 g/mol. The van der Waals surface area contributed by atoms with Crippen molar-refractivity contribution in [2.75, 3.05) is 0 Å². The molecule has 0 saturated heterocycles. The molecule has 14 heavy (non-hydrogen) atoms. The third kappa shape index (κ3) is 1.29. The van der Waals surface area contributed by atoms with E-state index in [1.54, 1.807) is 18.2 Å². The Hall–Kier alpha value is -2.01. The lowest BCUT2D eigenvalue weighted by molar-refractivity contribution is -0.112. The number of amides is 2. The Kier molecular flexibility index (Phi) is 1.86. The first-order chi connectivity index (χ1) is 6.70. The molecule has 0 aliphatic carbocycles. The van der Waals surface area contributed by atoms with Crippen LogP contribution in [0.2, 0.25) is 0 Å². The van der Waals surface area contributed by atoms with Gasteiger partial charge in [0.1, 0.15) is 0 Å². The number of carbonyl (C=O) groups excluding carboxylic acids is 2. The summed E-state index contributed by atoms with van der Waals surface area (Å²) in [5.41, 5.74) is 2.42. The Morgan fingerprint density at radius 2 is 2.21 bits per heavy atom. The molecule has 2 rings (SSSR count). The Morgan fingerprint density at radius 1 is 1.43 bits per heavy atom. The Balaban J connectivity index is 2.60. The van der Waals surface area contributed by atoms with Crippen LogP contribution in [0.25, 0.3) is 6.08 Å². The minimum Gasteiger partial charge on any atom is -0.290 e. The fourth-order valence-corrected chi connectivity index (χ4v) is 1.28. The number of nitrogens with one attached hydrogen (secondary N) is 1. The number of carbonyl (C=O) groups is 2. The molecule has 0 bridgehead atoms. The Labute approximate surface area is 78.9 Å². The van der Waals surface area contributed by atoms with E-state index in [2.05, 4.69) is 4.99 Å². The molecule has 5 heteroatoms. The molecule has 0 unspecified atom stereocenters. The molecular formula is C9H7N3O2. The van der Waals surface area contributed by atoms with Crippen LogP contribution in [-0.2, 0) is 4.79 Å². The molecule has 1 heterocycles. The molecule has 0 fully saturated rings. The largest absolute Gasteiger partial charge is 0.290 e. The van der Waals surface area contributed by atoms with Crippen LogP contribution in [0.4, 0.5) is 0 Å². The summed E-state index contributed by atoms with van der Waals surface area (Å²) in [6, 6.07) is 4.75. The zero-order valence-electron chi connectivity index (χ0n) is 7.15. The summed E-state index contributed by atoms with van der Waals surface area (Å²) in [7, 11) is 0. The number of hydrogen-bond acceptors (Lipinski definition) is 3. The fourth-order valence-electron chi connectivity index (χ4n) is 1.28. The van der Waals surface area contributed by atoms with Crippen LogP contribution in [0, 0.1) is 0 Å². The monoisotopic (exact) mass is 189 g/mol. The summed E-state index contributed by atoms with van der Waals surface area (Å²) in [6.07, 6.45) is 1.38. The second kappa shape index (κ2) is 3.04. The zero-order valence-corrected chi connectivity index (χ0v) is 7.15. The predicted molar refractivity (Wildman–Crippen MR) is 48.3 cm³/mol. The van der Waals surface area contributed by atoms with Gasteiger partial charge in [0.05, 0.1) is 5.36 Å². The van der Waals surface area contributed by atoms with E-state index in [-0.39, 0.29) is 11.8 Å². The van der Waals surface area contributed by atoms with Gasteiger partial charge in [-0.25, -0.2) is 10.8 Å². The molecule has 0 saturated carbocycles. The first-order valence-electron chi connectivity index (χ1n) is 3.96. The van der Waals surface area contributed by atoms with E-state index < -0.39 is 0 Å². The van der Waals surface area contributed by atoms with Crippen molar-refractivity contribution in [2.45, 2.75) is 0 Å². The topological polar surface area (TPSA) is 84.5 Å². The van der Waals surface area contributed by atoms with Gasteiger partial charge in [-0.3, -0.25) is 15.0 Å². The van der Waals surface area contributed by atoms with Crippen LogP contribution < -0.4 is 21.8 Å². The zero-order chi connectivity index (χ0) is 10.1. The molecule has 2 amide bonds. The van der Waals surface area contributed by atoms with Gasteiger partial charge in [0.15, 0.2) is 0 Å². The standard InChI is InChI=1S/C9H7N3O2/c10-12-9(14)5-1-2-7-6(3-5)4-8(13)11-7/h1-4H,10H2,(H,12,14). The molecule has 70 valence electrons. The Bertz CT molecular complexity index is 533. The van der Waals surface area contributed by atoms with Crippen molar-refractivity contribution in [3.63, 3.8) is 0 Å². The molecule has 0 atom stereocenters. The number of rotatable bonds is 1. The molecule has 1 aromatic carbocycles. The van der Waals surface area contributed by atoms with Gasteiger partial charge in [-0.05, 0) is 18.2 Å². The highest BCUT2D eigenvalue weighted by Gasteiger charge is 2.07. The quantitative estimate of drug-likeness (QED) is 0.311. The summed E-state index contributed by atoms with van der Waals surface area (Å²) in [6.45, 7) is 0. The summed E-state index contributed by atoms with van der Waals surface area (Å²) < 4.78 is 0. The third-order valence-corrected chi connectivity index (χ3v) is 1.93. The molecule has 3 N–H and O–H groups in total. The normalized spacial score (nSPS) is 12.8. The SMILES string of the molecule is NNC(=O)c1ccc2c(c1)=CC(=O)N=2. The summed E-state index contributed by atoms with van der Waals surface area (Å²) >= 11 is 0. The number of benzene rings is 1. The van der Waals surface area contributed by atoms with Crippen LogP contribution in [0.5, 0.6) is 0 Å². The van der Waals surface area contributed by atoms with Crippen LogP contribution in [0.3, 0.4) is 0 Å². The number of hydrogen-bond donors (Lipinski definition) is 2. The van der Waals surface area contributed by atoms with E-state index in [0.717, 1.165) is 0 Å². The van der Waals surface area contributed by atoms with E-state index in [9.17, 15) is 9.59 Å². The van der Waals surface area contributed by atoms with Crippen molar-refractivity contribution in [1.29, 1.82) is 0 Å². The highest BCUT2D eigenvalue weighted by Crippen LogP contribution is 1.93. The number of nitrogens with zero attached hydrogens (tertiary/aromatic N) is 1. The molecule has 1 aliphatic rings. The van der Waals surface area contributed by atoms with Crippen molar-refractivity contribution < 1.29 is 9.59 Å². The fraction of sp³-hybridized carbons (Fsp3) is 0. The van der Waals surface area contributed by atoms with Crippen molar-refractivity contribution in [3.8, 4) is 0 Å².